The average molecular weight is 1190 g/mol. The number of H-pyrrole nitrogens is 1. The first kappa shape index (κ1) is 61.0. The Morgan fingerprint density at radius 1 is 0.600 bits per heavy atom. The Kier molecular flexibility index (Phi) is 21.8. The van der Waals surface area contributed by atoms with Gasteiger partial charge in [0.15, 0.2) is 22.3 Å². The Morgan fingerprint density at radius 3 is 1.44 bits per heavy atom. The third-order valence-electron chi connectivity index (χ3n) is 11.0. The Labute approximate surface area is 468 Å². The van der Waals surface area contributed by atoms with Crippen LogP contribution in [0.2, 0.25) is 20.1 Å². The van der Waals surface area contributed by atoms with E-state index in [2.05, 4.69) is 35.2 Å². The van der Waals surface area contributed by atoms with Gasteiger partial charge >= 0.3 is 17.5 Å². The maximum atomic E-state index is 13.9. The van der Waals surface area contributed by atoms with E-state index in [1.807, 2.05) is 6.92 Å². The van der Waals surface area contributed by atoms with Crippen molar-refractivity contribution in [3.63, 3.8) is 0 Å². The largest absolute Gasteiger partial charge is 0.481 e. The summed E-state index contributed by atoms with van der Waals surface area (Å²) in [6, 6.07) is 17.5. The second-order valence-electron chi connectivity index (χ2n) is 16.9. The van der Waals surface area contributed by atoms with Gasteiger partial charge in [0.2, 0.25) is 11.8 Å². The van der Waals surface area contributed by atoms with Crippen LogP contribution in [-0.4, -0.2) is 81.0 Å². The molecule has 420 valence electrons. The van der Waals surface area contributed by atoms with E-state index >= 15 is 0 Å². The highest BCUT2D eigenvalue weighted by Gasteiger charge is 2.15. The molecule has 29 heteroatoms. The molecular weight excluding hydrogens is 1140 g/mol. The minimum absolute atomic E-state index is 0.0334. The molecule has 4 aromatic carbocycles. The molecule has 0 fully saturated rings. The van der Waals surface area contributed by atoms with Gasteiger partial charge < -0.3 is 28.2 Å². The van der Waals surface area contributed by atoms with Gasteiger partial charge in [-0.2, -0.15) is 4.68 Å². The number of carboxylic acid groups (broad SMARTS) is 1. The molecule has 6 heterocycles. The Bertz CT molecular complexity index is 3950. The van der Waals surface area contributed by atoms with Gasteiger partial charge in [0.05, 0.1) is 25.6 Å². The maximum Gasteiger partial charge on any atom is 0.437 e. The monoisotopic (exact) mass is 1190 g/mol. The number of nitrogens with zero attached hydrogens (tertiary/aromatic N) is 11. The number of nitrogens with one attached hydrogen (secondary N) is 1. The molecular formula is C51H46Cl4F4N12O9. The number of aromatic nitrogens is 12. The molecule has 3 N–H and O–H groups in total. The molecule has 0 atom stereocenters. The van der Waals surface area contributed by atoms with Gasteiger partial charge in [0.1, 0.15) is 49.0 Å². The van der Waals surface area contributed by atoms with Crippen molar-refractivity contribution >= 4 is 74.7 Å². The molecule has 10 rings (SSSR count). The van der Waals surface area contributed by atoms with E-state index in [1.165, 1.54) is 64.8 Å². The predicted molar refractivity (Wildman–Crippen MR) is 287 cm³/mol. The third-order valence-corrected chi connectivity index (χ3v) is 12.0. The van der Waals surface area contributed by atoms with Crippen molar-refractivity contribution in [2.75, 3.05) is 6.61 Å². The van der Waals surface area contributed by atoms with E-state index in [4.69, 9.17) is 65.5 Å². The second kappa shape index (κ2) is 28.6. The highest BCUT2D eigenvalue weighted by molar-refractivity contribution is 6.31. The van der Waals surface area contributed by atoms with E-state index in [0.29, 0.717) is 54.9 Å². The number of rotatable bonds is 13. The van der Waals surface area contributed by atoms with E-state index < -0.39 is 29.1 Å². The fraction of sp³-hybridized carbons (Fsp3) is 0.235. The van der Waals surface area contributed by atoms with Crippen LogP contribution in [0.15, 0.2) is 126 Å². The van der Waals surface area contributed by atoms with Crippen molar-refractivity contribution in [1.82, 2.24) is 58.2 Å². The van der Waals surface area contributed by atoms with Crippen LogP contribution in [-0.2, 0) is 64.2 Å². The molecule has 0 spiro atoms. The number of benzene rings is 4. The highest BCUT2D eigenvalue weighted by Crippen LogP contribution is 2.18. The van der Waals surface area contributed by atoms with Crippen LogP contribution in [0.1, 0.15) is 47.4 Å². The normalized spacial score (nSPS) is 10.8. The van der Waals surface area contributed by atoms with E-state index in [0.717, 1.165) is 29.2 Å². The number of carboxylic acids is 1. The Hall–Kier alpha value is -8.23. The SMILES string of the molecule is CCCc1ccc(Cl)cc1F.Cn1cnc2ncn(Cc3n[nH]c(=O)o3)c(=O)c21.Cn1cnc2ncn(Cc3nn(CCc4ccc(Cl)cc4F)c(=O)o3)c(=O)c21.O=C(O)Cc1ccc(Cl)cc1F.OCCc1ccc(Cl)cc1F. The number of aliphatic carboxylic acids is 1. The van der Waals surface area contributed by atoms with Crippen molar-refractivity contribution in [2.24, 2.45) is 14.1 Å². The number of hydrogen-bond acceptors (Lipinski definition) is 14. The zero-order valence-electron chi connectivity index (χ0n) is 42.3. The fourth-order valence-electron chi connectivity index (χ4n) is 7.16. The van der Waals surface area contributed by atoms with E-state index in [1.54, 1.807) is 59.6 Å². The number of aliphatic hydroxyl groups excluding tert-OH is 1. The van der Waals surface area contributed by atoms with Gasteiger partial charge in [-0.25, -0.2) is 52.2 Å². The predicted octanol–water partition coefficient (Wildman–Crippen LogP) is 7.77. The lowest BCUT2D eigenvalue weighted by atomic mass is 10.1. The van der Waals surface area contributed by atoms with Gasteiger partial charge in [-0.1, -0.05) is 84.0 Å². The Balaban J connectivity index is 0.000000172. The molecule has 0 bridgehead atoms. The summed E-state index contributed by atoms with van der Waals surface area (Å²) in [5, 5.41) is 28.1. The zero-order chi connectivity index (χ0) is 58.2. The van der Waals surface area contributed by atoms with Crippen molar-refractivity contribution in [1.29, 1.82) is 0 Å². The number of aliphatic hydroxyl groups is 1. The third kappa shape index (κ3) is 16.9. The number of halogens is 8. The molecule has 0 saturated heterocycles. The average Bonchev–Trinajstić information content (AvgIpc) is 4.28. The standard InChI is InChI=1S/C17H14ClFN6O3.C9H10ClF.C9H8N6O3.C8H6ClFO2.C8H8ClFO/c1-23-8-20-15-14(23)16(26)24(9-21-15)7-13-22-25(17(27)28-13)5-4-10-2-3-11(18)6-12(10)19;1-2-3-7-4-5-8(10)6-9(7)11;1-14-3-10-7-6(14)8(16)15(4-11-7)2-5-12-13-9(17)18-5;9-6-2-1-5(3-8(11)12)7(10)4-6;9-7-2-1-6(3-4-11)8(10)5-7/h2-3,6,8-9H,4-5,7H2,1H3;4-6H,2-3H2,1H3;3-4H,2H2,1H3,(H,13,17);1-2,4H,3H2,(H,11,12);1-2,5,11H,3-4H2. The number of aryl methyl sites for hydroxylation is 5. The first-order valence-electron chi connectivity index (χ1n) is 23.6. The van der Waals surface area contributed by atoms with Crippen LogP contribution >= 0.6 is 46.4 Å². The second-order valence-corrected chi connectivity index (χ2v) is 18.6. The van der Waals surface area contributed by atoms with Crippen LogP contribution in [0.3, 0.4) is 0 Å². The summed E-state index contributed by atoms with van der Waals surface area (Å²) in [6.07, 6.45) is 7.66. The van der Waals surface area contributed by atoms with Gasteiger partial charge in [0, 0.05) is 40.8 Å². The van der Waals surface area contributed by atoms with Crippen molar-refractivity contribution < 1.29 is 41.4 Å². The van der Waals surface area contributed by atoms with Crippen molar-refractivity contribution in [3.05, 3.63) is 217 Å². The molecule has 0 aliphatic rings. The lowest BCUT2D eigenvalue weighted by molar-refractivity contribution is -0.136. The lowest BCUT2D eigenvalue weighted by Crippen LogP contribution is -2.22. The molecule has 0 unspecified atom stereocenters. The van der Waals surface area contributed by atoms with Crippen LogP contribution < -0.4 is 22.6 Å². The summed E-state index contributed by atoms with van der Waals surface area (Å²) in [6.45, 7) is 2.07. The lowest BCUT2D eigenvalue weighted by Gasteiger charge is -2.03. The summed E-state index contributed by atoms with van der Waals surface area (Å²) < 4.78 is 69.2. The zero-order valence-corrected chi connectivity index (χ0v) is 45.3. The summed E-state index contributed by atoms with van der Waals surface area (Å²) in [5.41, 5.74) is 2.63. The first-order valence-corrected chi connectivity index (χ1v) is 25.1. The minimum atomic E-state index is -1.06. The smallest absolute Gasteiger partial charge is 0.437 e. The molecule has 21 nitrogen and oxygen atoms in total. The summed E-state index contributed by atoms with van der Waals surface area (Å²) in [7, 11) is 3.39. The molecule has 6 aromatic heterocycles. The van der Waals surface area contributed by atoms with Crippen LogP contribution in [0, 0.1) is 23.3 Å². The van der Waals surface area contributed by atoms with Crippen LogP contribution in [0.25, 0.3) is 22.3 Å². The van der Waals surface area contributed by atoms with E-state index in [9.17, 15) is 41.5 Å². The topological polar surface area (TPSA) is 270 Å². The minimum Gasteiger partial charge on any atom is -0.481 e. The fourth-order valence-corrected chi connectivity index (χ4v) is 7.80. The summed E-state index contributed by atoms with van der Waals surface area (Å²) >= 11 is 22.3. The molecule has 0 aliphatic carbocycles. The Morgan fingerprint density at radius 2 is 1.02 bits per heavy atom. The first-order chi connectivity index (χ1) is 38.1. The summed E-state index contributed by atoms with van der Waals surface area (Å²) in [5.74, 6) is -3.82. The number of aromatic amines is 1. The van der Waals surface area contributed by atoms with Crippen molar-refractivity contribution in [2.45, 2.75) is 58.7 Å². The molecule has 0 saturated carbocycles. The molecule has 10 aromatic rings. The number of imidazole rings is 2. The van der Waals surface area contributed by atoms with Crippen LogP contribution in [0.4, 0.5) is 17.6 Å². The number of fused-ring (bicyclic) bond motifs is 2. The van der Waals surface area contributed by atoms with Gasteiger partial charge in [-0.15, -0.1) is 10.2 Å². The van der Waals surface area contributed by atoms with Crippen LogP contribution in [0.5, 0.6) is 0 Å². The number of hydrogen-bond donors (Lipinski definition) is 3. The van der Waals surface area contributed by atoms with Gasteiger partial charge in [-0.05, 0) is 90.0 Å². The molecule has 0 amide bonds. The molecule has 0 radical (unpaired) electrons. The van der Waals surface area contributed by atoms with E-state index in [-0.39, 0.29) is 84.2 Å². The molecule has 80 heavy (non-hydrogen) atoms. The van der Waals surface area contributed by atoms with Gasteiger partial charge in [0.25, 0.3) is 11.1 Å². The summed E-state index contributed by atoms with van der Waals surface area (Å²) in [4.78, 5) is 73.8. The number of carbonyl (C=O) groups is 1. The highest BCUT2D eigenvalue weighted by atomic mass is 35.5. The quantitative estimate of drug-likeness (QED) is 0.0931. The van der Waals surface area contributed by atoms with Gasteiger partial charge in [-0.3, -0.25) is 23.5 Å². The maximum absolute atomic E-state index is 13.9. The van der Waals surface area contributed by atoms with Crippen molar-refractivity contribution in [3.8, 4) is 0 Å². The molecule has 0 aliphatic heterocycles.